The Bertz CT molecular complexity index is 1280. The van der Waals surface area contributed by atoms with Crippen molar-refractivity contribution < 1.29 is 24.2 Å². The second-order valence-corrected chi connectivity index (χ2v) is 8.58. The van der Waals surface area contributed by atoms with E-state index in [4.69, 9.17) is 9.47 Å². The summed E-state index contributed by atoms with van der Waals surface area (Å²) in [6.07, 6.45) is 5.86. The van der Waals surface area contributed by atoms with Gasteiger partial charge >= 0.3 is 0 Å². The number of ketones is 1. The van der Waals surface area contributed by atoms with E-state index in [-0.39, 0.29) is 11.3 Å². The number of methoxy groups -OCH3 is 2. The maximum Gasteiger partial charge on any atom is 0.295 e. The predicted octanol–water partition coefficient (Wildman–Crippen LogP) is 4.03. The number of imidazole rings is 1. The number of rotatable bonds is 8. The van der Waals surface area contributed by atoms with Crippen LogP contribution in [-0.4, -0.2) is 52.0 Å². The largest absolute Gasteiger partial charge is 0.507 e. The molecule has 0 radical (unpaired) electrons. The molecule has 1 unspecified atom stereocenters. The van der Waals surface area contributed by atoms with Crippen LogP contribution in [0.2, 0.25) is 0 Å². The Kier molecular flexibility index (Phi) is 6.91. The first-order valence-electron chi connectivity index (χ1n) is 11.4. The maximum atomic E-state index is 13.3. The van der Waals surface area contributed by atoms with E-state index >= 15 is 0 Å². The molecule has 0 aliphatic carbocycles. The fraction of sp³-hybridized carbons (Fsp3) is 0.296. The quantitative estimate of drug-likeness (QED) is 0.300. The number of aliphatic hydroxyl groups excluding tert-OH is 1. The lowest BCUT2D eigenvalue weighted by Crippen LogP contribution is -2.31. The highest BCUT2D eigenvalue weighted by Gasteiger charge is 2.46. The third kappa shape index (κ3) is 4.64. The molecule has 4 rings (SSSR count). The van der Waals surface area contributed by atoms with Crippen LogP contribution in [0.1, 0.15) is 34.7 Å². The van der Waals surface area contributed by atoms with E-state index in [0.29, 0.717) is 42.1 Å². The summed E-state index contributed by atoms with van der Waals surface area (Å²) in [7, 11) is 3.07. The van der Waals surface area contributed by atoms with Gasteiger partial charge in [-0.05, 0) is 49.6 Å². The molecule has 2 aromatic carbocycles. The summed E-state index contributed by atoms with van der Waals surface area (Å²) in [5, 5.41) is 11.4. The molecule has 182 valence electrons. The first kappa shape index (κ1) is 24.1. The molecule has 1 aliphatic rings. The molecule has 2 heterocycles. The Morgan fingerprint density at radius 2 is 1.80 bits per heavy atom. The van der Waals surface area contributed by atoms with Crippen molar-refractivity contribution in [2.45, 2.75) is 32.9 Å². The van der Waals surface area contributed by atoms with E-state index < -0.39 is 17.7 Å². The molecule has 1 amide bonds. The van der Waals surface area contributed by atoms with Gasteiger partial charge in [-0.15, -0.1) is 0 Å². The van der Waals surface area contributed by atoms with Gasteiger partial charge in [-0.25, -0.2) is 4.98 Å². The molecule has 1 fully saturated rings. The number of ether oxygens (including phenoxy) is 2. The topological polar surface area (TPSA) is 93.9 Å². The third-order valence-electron chi connectivity index (χ3n) is 6.29. The summed E-state index contributed by atoms with van der Waals surface area (Å²) in [5.41, 5.74) is 3.00. The van der Waals surface area contributed by atoms with Gasteiger partial charge in [0.15, 0.2) is 11.5 Å². The molecule has 35 heavy (non-hydrogen) atoms. The molecule has 1 atom stereocenters. The Morgan fingerprint density at radius 3 is 2.49 bits per heavy atom. The fourth-order valence-electron chi connectivity index (χ4n) is 4.46. The number of carbonyl (C=O) groups is 2. The lowest BCUT2D eigenvalue weighted by Gasteiger charge is -2.26. The molecular weight excluding hydrogens is 446 g/mol. The van der Waals surface area contributed by atoms with Gasteiger partial charge in [0, 0.05) is 31.0 Å². The summed E-state index contributed by atoms with van der Waals surface area (Å²) in [6.45, 7) is 4.74. The van der Waals surface area contributed by atoms with Crippen LogP contribution < -0.4 is 9.47 Å². The van der Waals surface area contributed by atoms with Crippen LogP contribution >= 0.6 is 0 Å². The summed E-state index contributed by atoms with van der Waals surface area (Å²) >= 11 is 0. The zero-order valence-electron chi connectivity index (χ0n) is 20.3. The molecule has 8 heteroatoms. The van der Waals surface area contributed by atoms with Crippen LogP contribution in [0.3, 0.4) is 0 Å². The minimum absolute atomic E-state index is 0.0681. The second-order valence-electron chi connectivity index (χ2n) is 8.58. The fourth-order valence-corrected chi connectivity index (χ4v) is 4.46. The van der Waals surface area contributed by atoms with E-state index in [9.17, 15) is 14.7 Å². The van der Waals surface area contributed by atoms with Gasteiger partial charge in [-0.1, -0.05) is 23.8 Å². The van der Waals surface area contributed by atoms with Crippen molar-refractivity contribution >= 4 is 17.4 Å². The zero-order chi connectivity index (χ0) is 25.1. The maximum absolute atomic E-state index is 13.3. The molecule has 8 nitrogen and oxygen atoms in total. The number of amides is 1. The Hall–Kier alpha value is -4.07. The first-order chi connectivity index (χ1) is 16.8. The SMILES string of the molecule is COc1ccc(C2/C(=C(\O)c3cc(C)ccc3C)C(=O)C(=O)N2CCCn2ccnc2)cc1OC. The Balaban J connectivity index is 1.81. The minimum atomic E-state index is -0.766. The zero-order valence-corrected chi connectivity index (χ0v) is 20.3. The molecule has 1 aromatic heterocycles. The lowest BCUT2D eigenvalue weighted by molar-refractivity contribution is -0.139. The summed E-state index contributed by atoms with van der Waals surface area (Å²) in [4.78, 5) is 32.1. The molecule has 1 N–H and O–H groups in total. The summed E-state index contributed by atoms with van der Waals surface area (Å²) < 4.78 is 12.7. The first-order valence-corrected chi connectivity index (χ1v) is 11.4. The average molecular weight is 476 g/mol. The lowest BCUT2D eigenvalue weighted by atomic mass is 9.93. The average Bonchev–Trinajstić information content (AvgIpc) is 3.47. The van der Waals surface area contributed by atoms with Crippen LogP contribution in [0, 0.1) is 13.8 Å². The molecule has 1 saturated heterocycles. The number of aryl methyl sites for hydroxylation is 3. The second kappa shape index (κ2) is 10.0. The van der Waals surface area contributed by atoms with Crippen LogP contribution in [0.5, 0.6) is 11.5 Å². The van der Waals surface area contributed by atoms with Crippen molar-refractivity contribution in [3.8, 4) is 11.5 Å². The van der Waals surface area contributed by atoms with Crippen molar-refractivity contribution in [3.63, 3.8) is 0 Å². The molecular formula is C27H29N3O5. The van der Waals surface area contributed by atoms with E-state index in [0.717, 1.165) is 11.1 Å². The highest BCUT2D eigenvalue weighted by molar-refractivity contribution is 6.46. The summed E-state index contributed by atoms with van der Waals surface area (Å²) in [5.74, 6) is -0.516. The number of aliphatic hydroxyl groups is 1. The number of hydrogen-bond acceptors (Lipinski definition) is 6. The van der Waals surface area contributed by atoms with Gasteiger partial charge in [0.25, 0.3) is 11.7 Å². The molecule has 3 aromatic rings. The van der Waals surface area contributed by atoms with E-state index in [1.54, 1.807) is 37.8 Å². The Morgan fingerprint density at radius 1 is 1.03 bits per heavy atom. The third-order valence-corrected chi connectivity index (χ3v) is 6.29. The van der Waals surface area contributed by atoms with Gasteiger partial charge in [-0.2, -0.15) is 0 Å². The van der Waals surface area contributed by atoms with Crippen molar-refractivity contribution in [3.05, 3.63) is 82.9 Å². The minimum Gasteiger partial charge on any atom is -0.507 e. The standard InChI is InChI=1S/C27H29N3O5/c1-17-6-7-18(2)20(14-17)25(31)23-24(19-8-9-21(34-3)22(15-19)35-4)30(27(33)26(23)32)12-5-11-29-13-10-28-16-29/h6-10,13-16,24,31H,5,11-12H2,1-4H3/b25-23+. The van der Waals surface area contributed by atoms with Gasteiger partial charge in [-0.3, -0.25) is 9.59 Å². The smallest absolute Gasteiger partial charge is 0.295 e. The van der Waals surface area contributed by atoms with Crippen molar-refractivity contribution in [2.24, 2.45) is 0 Å². The molecule has 1 aliphatic heterocycles. The highest BCUT2D eigenvalue weighted by Crippen LogP contribution is 2.42. The van der Waals surface area contributed by atoms with Gasteiger partial charge in [0.2, 0.25) is 0 Å². The van der Waals surface area contributed by atoms with E-state index in [1.165, 1.54) is 12.0 Å². The van der Waals surface area contributed by atoms with E-state index in [2.05, 4.69) is 4.98 Å². The van der Waals surface area contributed by atoms with Crippen LogP contribution in [0.4, 0.5) is 0 Å². The van der Waals surface area contributed by atoms with Crippen molar-refractivity contribution in [2.75, 3.05) is 20.8 Å². The monoisotopic (exact) mass is 475 g/mol. The number of Topliss-reactive ketones (excluding diaryl/α,β-unsaturated/α-hetero) is 1. The Labute approximate surface area is 204 Å². The molecule has 0 spiro atoms. The van der Waals surface area contributed by atoms with Gasteiger partial charge in [0.05, 0.1) is 32.2 Å². The van der Waals surface area contributed by atoms with Gasteiger partial charge < -0.3 is 24.0 Å². The van der Waals surface area contributed by atoms with E-state index in [1.807, 2.05) is 42.8 Å². The van der Waals surface area contributed by atoms with Crippen LogP contribution in [-0.2, 0) is 16.1 Å². The number of likely N-dealkylation sites (tertiary alicyclic amines) is 1. The van der Waals surface area contributed by atoms with Gasteiger partial charge in [0.1, 0.15) is 5.76 Å². The number of benzene rings is 2. The van der Waals surface area contributed by atoms with Crippen molar-refractivity contribution in [1.29, 1.82) is 0 Å². The van der Waals surface area contributed by atoms with Crippen LogP contribution in [0.25, 0.3) is 5.76 Å². The summed E-state index contributed by atoms with van der Waals surface area (Å²) in [6, 6.07) is 10.1. The number of hydrogen-bond donors (Lipinski definition) is 1. The normalized spacial score (nSPS) is 17.1. The molecule has 0 saturated carbocycles. The predicted molar refractivity (Wildman–Crippen MR) is 131 cm³/mol. The number of carbonyl (C=O) groups excluding carboxylic acids is 2. The van der Waals surface area contributed by atoms with Crippen LogP contribution in [0.15, 0.2) is 60.7 Å². The molecule has 0 bridgehead atoms. The number of nitrogens with zero attached hydrogens (tertiary/aromatic N) is 3. The number of aromatic nitrogens is 2. The highest BCUT2D eigenvalue weighted by atomic mass is 16.5. The van der Waals surface area contributed by atoms with Crippen molar-refractivity contribution in [1.82, 2.24) is 14.5 Å².